The SMILES string of the molecule is Cc1ccc(CN2C(=O)/C(=C/c3cc(Cl)c(O)c(Cl)c3)SC2=S)cc1. The average molecular weight is 410 g/mol. The number of hydrogen-bond donors (Lipinski definition) is 1. The van der Waals surface area contributed by atoms with Crippen molar-refractivity contribution in [3.8, 4) is 5.75 Å². The number of amides is 1. The standard InChI is InChI=1S/C18H13Cl2NO2S2/c1-10-2-4-11(5-3-10)9-21-17(23)15(25-18(21)24)8-12-6-13(19)16(22)14(20)7-12/h2-8,22H,9H2,1H3/b15-8-. The van der Waals surface area contributed by atoms with E-state index in [1.54, 1.807) is 23.1 Å². The Labute approximate surface area is 165 Å². The number of hydrogen-bond acceptors (Lipinski definition) is 4. The number of thiocarbonyl (C=S) groups is 1. The smallest absolute Gasteiger partial charge is 0.266 e. The Morgan fingerprint density at radius 1 is 1.20 bits per heavy atom. The first-order valence-corrected chi connectivity index (χ1v) is 9.32. The molecule has 0 saturated carbocycles. The minimum absolute atomic E-state index is 0.133. The molecule has 1 aliphatic rings. The number of phenolic OH excluding ortho intramolecular Hbond substituents is 1. The van der Waals surface area contributed by atoms with Gasteiger partial charge in [0.15, 0.2) is 5.75 Å². The molecule has 1 N–H and O–H groups in total. The molecule has 128 valence electrons. The summed E-state index contributed by atoms with van der Waals surface area (Å²) in [5.74, 6) is -0.330. The molecule has 2 aromatic rings. The van der Waals surface area contributed by atoms with Crippen molar-refractivity contribution in [1.82, 2.24) is 4.90 Å². The van der Waals surface area contributed by atoms with Crippen LogP contribution in [0.2, 0.25) is 10.0 Å². The third kappa shape index (κ3) is 4.01. The van der Waals surface area contributed by atoms with Crippen LogP contribution in [0.25, 0.3) is 6.08 Å². The molecule has 2 aromatic carbocycles. The summed E-state index contributed by atoms with van der Waals surface area (Å²) in [5.41, 5.74) is 2.80. The van der Waals surface area contributed by atoms with E-state index in [1.165, 1.54) is 11.8 Å². The maximum absolute atomic E-state index is 12.7. The molecule has 25 heavy (non-hydrogen) atoms. The molecular weight excluding hydrogens is 397 g/mol. The highest BCUT2D eigenvalue weighted by Gasteiger charge is 2.32. The number of nitrogens with zero attached hydrogens (tertiary/aromatic N) is 1. The lowest BCUT2D eigenvalue weighted by molar-refractivity contribution is -0.122. The van der Waals surface area contributed by atoms with Gasteiger partial charge in [-0.15, -0.1) is 0 Å². The second kappa shape index (κ2) is 7.38. The van der Waals surface area contributed by atoms with E-state index in [0.717, 1.165) is 11.1 Å². The number of phenols is 1. The second-order valence-electron chi connectivity index (χ2n) is 5.59. The summed E-state index contributed by atoms with van der Waals surface area (Å²) in [5, 5.41) is 9.89. The molecule has 0 unspecified atom stereocenters. The fourth-order valence-electron chi connectivity index (χ4n) is 2.33. The summed E-state index contributed by atoms with van der Waals surface area (Å²) < 4.78 is 0.507. The Balaban J connectivity index is 1.84. The number of aromatic hydroxyl groups is 1. The number of aryl methyl sites for hydroxylation is 1. The first kappa shape index (κ1) is 18.3. The summed E-state index contributed by atoms with van der Waals surface area (Å²) >= 11 is 18.4. The predicted molar refractivity (Wildman–Crippen MR) is 108 cm³/mol. The van der Waals surface area contributed by atoms with E-state index in [4.69, 9.17) is 35.4 Å². The van der Waals surface area contributed by atoms with Gasteiger partial charge in [0.05, 0.1) is 21.5 Å². The van der Waals surface area contributed by atoms with Gasteiger partial charge in [-0.25, -0.2) is 0 Å². The Bertz CT molecular complexity index is 871. The molecule has 3 rings (SSSR count). The fourth-order valence-corrected chi connectivity index (χ4v) is 4.09. The highest BCUT2D eigenvalue weighted by molar-refractivity contribution is 8.26. The largest absolute Gasteiger partial charge is 0.505 e. The molecule has 1 amide bonds. The van der Waals surface area contributed by atoms with E-state index in [9.17, 15) is 9.90 Å². The van der Waals surface area contributed by atoms with Crippen LogP contribution in [0.15, 0.2) is 41.3 Å². The lowest BCUT2D eigenvalue weighted by atomic mass is 10.1. The Morgan fingerprint density at radius 2 is 1.80 bits per heavy atom. The number of carbonyl (C=O) groups excluding carboxylic acids is 1. The van der Waals surface area contributed by atoms with E-state index in [2.05, 4.69) is 0 Å². The van der Waals surface area contributed by atoms with Gasteiger partial charge in [0.2, 0.25) is 0 Å². The molecule has 1 aliphatic heterocycles. The maximum atomic E-state index is 12.7. The van der Waals surface area contributed by atoms with Gasteiger partial charge in [-0.1, -0.05) is 77.0 Å². The third-order valence-electron chi connectivity index (χ3n) is 3.67. The lowest BCUT2D eigenvalue weighted by Gasteiger charge is -2.14. The predicted octanol–water partition coefficient (Wildman–Crippen LogP) is 5.41. The highest BCUT2D eigenvalue weighted by Crippen LogP contribution is 2.37. The minimum Gasteiger partial charge on any atom is -0.505 e. The second-order valence-corrected chi connectivity index (χ2v) is 8.08. The van der Waals surface area contributed by atoms with E-state index in [0.29, 0.717) is 21.3 Å². The van der Waals surface area contributed by atoms with Gasteiger partial charge in [-0.05, 0) is 36.3 Å². The molecule has 1 saturated heterocycles. The summed E-state index contributed by atoms with van der Waals surface area (Å²) in [7, 11) is 0. The fraction of sp³-hybridized carbons (Fsp3) is 0.111. The van der Waals surface area contributed by atoms with Crippen LogP contribution < -0.4 is 0 Å². The molecule has 0 bridgehead atoms. The van der Waals surface area contributed by atoms with E-state index in [1.807, 2.05) is 31.2 Å². The van der Waals surface area contributed by atoms with Crippen molar-refractivity contribution in [1.29, 1.82) is 0 Å². The molecule has 7 heteroatoms. The number of rotatable bonds is 3. The molecule has 0 radical (unpaired) electrons. The zero-order valence-corrected chi connectivity index (χ0v) is 16.3. The van der Waals surface area contributed by atoms with Crippen molar-refractivity contribution in [2.45, 2.75) is 13.5 Å². The Kier molecular flexibility index (Phi) is 5.39. The van der Waals surface area contributed by atoms with Gasteiger partial charge in [0, 0.05) is 0 Å². The molecule has 0 atom stereocenters. The number of benzene rings is 2. The Hall–Kier alpha value is -1.53. The van der Waals surface area contributed by atoms with Crippen LogP contribution in [0, 0.1) is 6.92 Å². The van der Waals surface area contributed by atoms with Crippen molar-refractivity contribution >= 4 is 63.5 Å². The van der Waals surface area contributed by atoms with Crippen molar-refractivity contribution in [3.63, 3.8) is 0 Å². The summed E-state index contributed by atoms with van der Waals surface area (Å²) in [6.45, 7) is 2.44. The Morgan fingerprint density at radius 3 is 2.40 bits per heavy atom. The number of thioether (sulfide) groups is 1. The van der Waals surface area contributed by atoms with Crippen LogP contribution in [0.4, 0.5) is 0 Å². The van der Waals surface area contributed by atoms with Gasteiger partial charge in [0.1, 0.15) is 4.32 Å². The van der Waals surface area contributed by atoms with Crippen molar-refractivity contribution < 1.29 is 9.90 Å². The van der Waals surface area contributed by atoms with Crippen LogP contribution in [-0.4, -0.2) is 20.2 Å². The molecule has 0 aliphatic carbocycles. The van der Waals surface area contributed by atoms with Gasteiger partial charge >= 0.3 is 0 Å². The third-order valence-corrected chi connectivity index (χ3v) is 5.63. The molecule has 0 aromatic heterocycles. The number of halogens is 2. The molecule has 3 nitrogen and oxygen atoms in total. The normalized spacial score (nSPS) is 16.1. The molecular formula is C18H13Cl2NO2S2. The van der Waals surface area contributed by atoms with Crippen LogP contribution in [0.1, 0.15) is 16.7 Å². The quantitative estimate of drug-likeness (QED) is 0.543. The van der Waals surface area contributed by atoms with Gasteiger partial charge < -0.3 is 5.11 Å². The van der Waals surface area contributed by atoms with Crippen LogP contribution >= 0.6 is 47.2 Å². The zero-order valence-electron chi connectivity index (χ0n) is 13.1. The van der Waals surface area contributed by atoms with Crippen molar-refractivity contribution in [2.75, 3.05) is 0 Å². The first-order chi connectivity index (χ1) is 11.8. The molecule has 0 spiro atoms. The highest BCUT2D eigenvalue weighted by atomic mass is 35.5. The van der Waals surface area contributed by atoms with Crippen LogP contribution in [0.5, 0.6) is 5.75 Å². The van der Waals surface area contributed by atoms with E-state index >= 15 is 0 Å². The summed E-state index contributed by atoms with van der Waals surface area (Å²) in [4.78, 5) is 14.7. The zero-order chi connectivity index (χ0) is 18.1. The molecule has 1 heterocycles. The van der Waals surface area contributed by atoms with Crippen LogP contribution in [0.3, 0.4) is 0 Å². The van der Waals surface area contributed by atoms with Crippen LogP contribution in [-0.2, 0) is 11.3 Å². The minimum atomic E-state index is -0.174. The molecule has 1 fully saturated rings. The lowest BCUT2D eigenvalue weighted by Crippen LogP contribution is -2.27. The topological polar surface area (TPSA) is 40.5 Å². The van der Waals surface area contributed by atoms with Gasteiger partial charge in [0.25, 0.3) is 5.91 Å². The maximum Gasteiger partial charge on any atom is 0.266 e. The van der Waals surface area contributed by atoms with Gasteiger partial charge in [-0.2, -0.15) is 0 Å². The number of carbonyl (C=O) groups is 1. The van der Waals surface area contributed by atoms with Crippen molar-refractivity contribution in [2.24, 2.45) is 0 Å². The summed E-state index contributed by atoms with van der Waals surface area (Å²) in [6, 6.07) is 11.1. The monoisotopic (exact) mass is 409 g/mol. The van der Waals surface area contributed by atoms with E-state index in [-0.39, 0.29) is 21.7 Å². The van der Waals surface area contributed by atoms with Gasteiger partial charge in [-0.3, -0.25) is 9.69 Å². The van der Waals surface area contributed by atoms with Crippen molar-refractivity contribution in [3.05, 3.63) is 68.0 Å². The first-order valence-electron chi connectivity index (χ1n) is 7.34. The van der Waals surface area contributed by atoms with E-state index < -0.39 is 0 Å². The summed E-state index contributed by atoms with van der Waals surface area (Å²) in [6.07, 6.45) is 1.67. The average Bonchev–Trinajstić information content (AvgIpc) is 2.82.